The van der Waals surface area contributed by atoms with Crippen molar-refractivity contribution >= 4 is 6.08 Å². The number of pyridine rings is 1. The molecule has 2 heteroatoms. The second-order valence-corrected chi connectivity index (χ2v) is 3.25. The summed E-state index contributed by atoms with van der Waals surface area (Å²) in [5.41, 5.74) is 3.79. The van der Waals surface area contributed by atoms with Gasteiger partial charge in [0, 0.05) is 18.9 Å². The predicted molar refractivity (Wildman–Crippen MR) is 56.6 cm³/mol. The van der Waals surface area contributed by atoms with Crippen LogP contribution in [0.3, 0.4) is 0 Å². The highest BCUT2D eigenvalue weighted by Crippen LogP contribution is 2.09. The summed E-state index contributed by atoms with van der Waals surface area (Å²) in [6, 6.07) is 2.03. The summed E-state index contributed by atoms with van der Waals surface area (Å²) >= 11 is 0. The van der Waals surface area contributed by atoms with Gasteiger partial charge in [0.25, 0.3) is 0 Å². The second kappa shape index (κ2) is 4.77. The van der Waals surface area contributed by atoms with E-state index in [2.05, 4.69) is 30.2 Å². The van der Waals surface area contributed by atoms with Gasteiger partial charge in [-0.15, -0.1) is 0 Å². The van der Waals surface area contributed by atoms with Gasteiger partial charge < -0.3 is 5.32 Å². The fraction of sp³-hybridized carbons (Fsp3) is 0.364. The fourth-order valence-electron chi connectivity index (χ4n) is 1.22. The van der Waals surface area contributed by atoms with E-state index in [9.17, 15) is 0 Å². The van der Waals surface area contributed by atoms with Gasteiger partial charge in [0.2, 0.25) is 0 Å². The van der Waals surface area contributed by atoms with Crippen LogP contribution in [-0.2, 0) is 0 Å². The minimum Gasteiger partial charge on any atom is -0.316 e. The maximum atomic E-state index is 4.09. The van der Waals surface area contributed by atoms with Gasteiger partial charge in [-0.1, -0.05) is 11.6 Å². The molecule has 1 N–H and O–H groups in total. The lowest BCUT2D eigenvalue weighted by atomic mass is 10.1. The lowest BCUT2D eigenvalue weighted by Crippen LogP contribution is -2.08. The molecule has 0 bridgehead atoms. The number of rotatable bonds is 3. The molecule has 1 rings (SSSR count). The highest BCUT2D eigenvalue weighted by atomic mass is 14.8. The van der Waals surface area contributed by atoms with Crippen LogP contribution < -0.4 is 5.32 Å². The first-order valence-corrected chi connectivity index (χ1v) is 4.46. The summed E-state index contributed by atoms with van der Waals surface area (Å²) in [4.78, 5) is 4.09. The zero-order chi connectivity index (χ0) is 9.68. The van der Waals surface area contributed by atoms with Crippen molar-refractivity contribution in [2.24, 2.45) is 0 Å². The lowest BCUT2D eigenvalue weighted by Gasteiger charge is -2.02. The summed E-state index contributed by atoms with van der Waals surface area (Å²) < 4.78 is 0. The van der Waals surface area contributed by atoms with Gasteiger partial charge in [0.05, 0.1) is 0 Å². The average Bonchev–Trinajstić information content (AvgIpc) is 2.09. The van der Waals surface area contributed by atoms with Crippen LogP contribution in [-0.4, -0.2) is 18.6 Å². The van der Waals surface area contributed by atoms with Crippen LogP contribution in [0, 0.1) is 6.92 Å². The van der Waals surface area contributed by atoms with Crippen LogP contribution in [0.1, 0.15) is 18.1 Å². The van der Waals surface area contributed by atoms with Crippen LogP contribution in [0.15, 0.2) is 24.0 Å². The van der Waals surface area contributed by atoms with Crippen molar-refractivity contribution in [2.45, 2.75) is 13.8 Å². The topological polar surface area (TPSA) is 24.9 Å². The number of nitrogens with one attached hydrogen (secondary N) is 1. The molecule has 0 atom stereocenters. The molecule has 0 aliphatic carbocycles. The third kappa shape index (κ3) is 2.99. The average molecular weight is 176 g/mol. The Balaban J connectivity index is 2.84. The predicted octanol–water partition coefficient (Wildman–Crippen LogP) is 2.01. The maximum Gasteiger partial charge on any atom is 0.0342 e. The van der Waals surface area contributed by atoms with E-state index in [-0.39, 0.29) is 0 Å². The molecule has 0 saturated carbocycles. The van der Waals surface area contributed by atoms with Gasteiger partial charge in [0.15, 0.2) is 0 Å². The Morgan fingerprint density at radius 3 is 3.00 bits per heavy atom. The van der Waals surface area contributed by atoms with Crippen LogP contribution in [0.25, 0.3) is 6.08 Å². The van der Waals surface area contributed by atoms with Crippen molar-refractivity contribution < 1.29 is 0 Å². The molecule has 0 radical (unpaired) electrons. The van der Waals surface area contributed by atoms with Gasteiger partial charge in [-0.2, -0.15) is 0 Å². The Morgan fingerprint density at radius 1 is 1.62 bits per heavy atom. The van der Waals surface area contributed by atoms with E-state index >= 15 is 0 Å². The second-order valence-electron chi connectivity index (χ2n) is 3.25. The van der Waals surface area contributed by atoms with Crippen molar-refractivity contribution in [2.75, 3.05) is 13.6 Å². The first-order chi connectivity index (χ1) is 6.24. The molecule has 0 aliphatic heterocycles. The Morgan fingerprint density at radius 2 is 2.38 bits per heavy atom. The van der Waals surface area contributed by atoms with Crippen LogP contribution >= 0.6 is 0 Å². The molecule has 0 aromatic carbocycles. The molecular formula is C11H16N2. The number of aryl methyl sites for hydroxylation is 1. The number of aromatic nitrogens is 1. The van der Waals surface area contributed by atoms with Crippen LogP contribution in [0.5, 0.6) is 0 Å². The molecule has 0 unspecified atom stereocenters. The van der Waals surface area contributed by atoms with Gasteiger partial charge in [0.1, 0.15) is 0 Å². The quantitative estimate of drug-likeness (QED) is 0.762. The SMILES string of the molecule is CNC/C(C)=C/c1cnccc1C. The normalized spacial score (nSPS) is 11.8. The molecule has 1 aromatic rings. The van der Waals surface area contributed by atoms with Crippen molar-refractivity contribution in [3.05, 3.63) is 35.2 Å². The number of nitrogens with zero attached hydrogens (tertiary/aromatic N) is 1. The number of hydrogen-bond donors (Lipinski definition) is 1. The molecule has 2 nitrogen and oxygen atoms in total. The molecule has 1 heterocycles. The maximum absolute atomic E-state index is 4.09. The fourth-order valence-corrected chi connectivity index (χ4v) is 1.22. The standard InChI is InChI=1S/C11H16N2/c1-9(7-12-3)6-11-8-13-5-4-10(11)2/h4-6,8,12H,7H2,1-3H3/b9-6+. The molecule has 13 heavy (non-hydrogen) atoms. The summed E-state index contributed by atoms with van der Waals surface area (Å²) in [7, 11) is 1.95. The van der Waals surface area contributed by atoms with Crippen LogP contribution in [0.4, 0.5) is 0 Å². The molecule has 0 amide bonds. The largest absolute Gasteiger partial charge is 0.316 e. The highest BCUT2D eigenvalue weighted by molar-refractivity contribution is 5.54. The number of hydrogen-bond acceptors (Lipinski definition) is 2. The monoisotopic (exact) mass is 176 g/mol. The zero-order valence-corrected chi connectivity index (χ0v) is 8.46. The third-order valence-corrected chi connectivity index (χ3v) is 1.94. The number of likely N-dealkylation sites (N-methyl/N-ethyl adjacent to an activating group) is 1. The van der Waals surface area contributed by atoms with E-state index in [1.165, 1.54) is 16.7 Å². The van der Waals surface area contributed by atoms with E-state index < -0.39 is 0 Å². The van der Waals surface area contributed by atoms with Crippen LogP contribution in [0.2, 0.25) is 0 Å². The Kier molecular flexibility index (Phi) is 3.65. The van der Waals surface area contributed by atoms with E-state index in [0.29, 0.717) is 0 Å². The van der Waals surface area contributed by atoms with Gasteiger partial charge in [-0.3, -0.25) is 4.98 Å². The van der Waals surface area contributed by atoms with Gasteiger partial charge >= 0.3 is 0 Å². The molecule has 1 aromatic heterocycles. The first-order valence-electron chi connectivity index (χ1n) is 4.46. The first kappa shape index (κ1) is 9.93. The summed E-state index contributed by atoms with van der Waals surface area (Å²) in [6.07, 6.45) is 5.88. The molecule has 70 valence electrons. The van der Waals surface area contributed by atoms with E-state index in [1.54, 1.807) is 0 Å². The van der Waals surface area contributed by atoms with Crippen molar-refractivity contribution in [3.63, 3.8) is 0 Å². The minimum absolute atomic E-state index is 0.925. The Labute approximate surface area is 79.7 Å². The lowest BCUT2D eigenvalue weighted by molar-refractivity contribution is 0.884. The van der Waals surface area contributed by atoms with Crippen molar-refractivity contribution in [1.29, 1.82) is 0 Å². The minimum atomic E-state index is 0.925. The highest BCUT2D eigenvalue weighted by Gasteiger charge is 1.94. The molecular weight excluding hydrogens is 160 g/mol. The van der Waals surface area contributed by atoms with Crippen molar-refractivity contribution in [1.82, 2.24) is 10.3 Å². The summed E-state index contributed by atoms with van der Waals surface area (Å²) in [5, 5.41) is 3.12. The Hall–Kier alpha value is -1.15. The molecule has 0 fully saturated rings. The summed E-state index contributed by atoms with van der Waals surface area (Å²) in [5.74, 6) is 0. The molecule has 0 aliphatic rings. The Bertz CT molecular complexity index is 303. The van der Waals surface area contributed by atoms with E-state index in [0.717, 1.165) is 6.54 Å². The molecule has 0 spiro atoms. The smallest absolute Gasteiger partial charge is 0.0342 e. The van der Waals surface area contributed by atoms with Crippen molar-refractivity contribution in [3.8, 4) is 0 Å². The van der Waals surface area contributed by atoms with Gasteiger partial charge in [-0.25, -0.2) is 0 Å². The third-order valence-electron chi connectivity index (χ3n) is 1.94. The molecule has 0 saturated heterocycles. The van der Waals surface area contributed by atoms with Gasteiger partial charge in [-0.05, 0) is 38.1 Å². The van der Waals surface area contributed by atoms with E-state index in [1.807, 2.05) is 25.5 Å². The zero-order valence-electron chi connectivity index (χ0n) is 8.46. The van der Waals surface area contributed by atoms with E-state index in [4.69, 9.17) is 0 Å². The summed E-state index contributed by atoms with van der Waals surface area (Å²) in [6.45, 7) is 5.14.